The Kier molecular flexibility index (Phi) is 4.48. The van der Waals surface area contributed by atoms with Crippen LogP contribution < -0.4 is 0 Å². The molecule has 0 radical (unpaired) electrons. The van der Waals surface area contributed by atoms with Crippen molar-refractivity contribution in [3.8, 4) is 0 Å². The fraction of sp³-hybridized carbons (Fsp3) is 0.556. The van der Waals surface area contributed by atoms with Crippen LogP contribution >= 0.6 is 11.8 Å². The van der Waals surface area contributed by atoms with Crippen molar-refractivity contribution < 1.29 is 24.0 Å². The molecule has 0 aromatic carbocycles. The highest BCUT2D eigenvalue weighted by molar-refractivity contribution is 8.13. The lowest BCUT2D eigenvalue weighted by Crippen LogP contribution is -2.32. The molecule has 16 heavy (non-hydrogen) atoms. The van der Waals surface area contributed by atoms with Crippen LogP contribution in [0.25, 0.3) is 0 Å². The van der Waals surface area contributed by atoms with E-state index in [1.54, 1.807) is 6.26 Å². The van der Waals surface area contributed by atoms with Crippen LogP contribution in [0.3, 0.4) is 0 Å². The molecule has 6 nitrogen and oxygen atoms in total. The molecule has 88 valence electrons. The van der Waals surface area contributed by atoms with Crippen LogP contribution in [0.15, 0.2) is 0 Å². The first-order valence-corrected chi connectivity index (χ1v) is 5.90. The van der Waals surface area contributed by atoms with Gasteiger partial charge in [-0.2, -0.15) is 0 Å². The third kappa shape index (κ3) is 3.34. The van der Waals surface area contributed by atoms with E-state index in [9.17, 15) is 19.2 Å². The van der Waals surface area contributed by atoms with Crippen LogP contribution in [0, 0.1) is 0 Å². The summed E-state index contributed by atoms with van der Waals surface area (Å²) < 4.78 is 0. The molecule has 1 rings (SSSR count). The molecular weight excluding hydrogens is 234 g/mol. The minimum atomic E-state index is -0.744. The van der Waals surface area contributed by atoms with Gasteiger partial charge in [-0.25, -0.2) is 4.79 Å². The Morgan fingerprint density at radius 3 is 2.31 bits per heavy atom. The summed E-state index contributed by atoms with van der Waals surface area (Å²) >= 11 is 1.02. The van der Waals surface area contributed by atoms with E-state index in [1.165, 1.54) is 0 Å². The largest absolute Gasteiger partial charge is 0.333 e. The smallest absolute Gasteiger partial charge is 0.330 e. The van der Waals surface area contributed by atoms with Gasteiger partial charge < -0.3 is 4.84 Å². The van der Waals surface area contributed by atoms with E-state index in [-0.39, 0.29) is 30.8 Å². The molecule has 0 aromatic heterocycles. The predicted octanol–water partition coefficient (Wildman–Crippen LogP) is 0.263. The minimum Gasteiger partial charge on any atom is -0.330 e. The number of nitrogens with zero attached hydrogens (tertiary/aromatic N) is 1. The number of carbonyl (C=O) groups excluding carboxylic acids is 4. The number of imide groups is 1. The molecule has 7 heteroatoms. The summed E-state index contributed by atoms with van der Waals surface area (Å²) in [6.07, 6.45) is 1.65. The monoisotopic (exact) mass is 245 g/mol. The van der Waals surface area contributed by atoms with Gasteiger partial charge in [0.05, 0.1) is 6.42 Å². The van der Waals surface area contributed by atoms with Crippen molar-refractivity contribution in [2.75, 3.05) is 6.26 Å². The van der Waals surface area contributed by atoms with E-state index < -0.39 is 17.8 Å². The first kappa shape index (κ1) is 12.7. The average Bonchev–Trinajstić information content (AvgIpc) is 2.57. The fourth-order valence-corrected chi connectivity index (χ4v) is 1.42. The molecule has 0 N–H and O–H groups in total. The number of rotatable bonds is 4. The Morgan fingerprint density at radius 2 is 1.81 bits per heavy atom. The summed E-state index contributed by atoms with van der Waals surface area (Å²) in [5.74, 6) is -1.78. The Labute approximate surface area is 96.2 Å². The van der Waals surface area contributed by atoms with Crippen molar-refractivity contribution in [3.63, 3.8) is 0 Å². The van der Waals surface area contributed by atoms with E-state index >= 15 is 0 Å². The van der Waals surface area contributed by atoms with Crippen LogP contribution in [-0.2, 0) is 24.0 Å². The number of carbonyl (C=O) groups is 4. The van der Waals surface area contributed by atoms with Gasteiger partial charge in [0.1, 0.15) is 0 Å². The number of amides is 2. The van der Waals surface area contributed by atoms with Crippen molar-refractivity contribution >= 4 is 34.7 Å². The standard InChI is InChI=1S/C9H11NO5S/c1-16-9(14)5-4-8(13)15-10-6(11)2-3-7(10)12/h2-5H2,1H3. The molecule has 0 spiro atoms. The summed E-state index contributed by atoms with van der Waals surface area (Å²) in [7, 11) is 0. The van der Waals surface area contributed by atoms with Crippen LogP contribution in [0.2, 0.25) is 0 Å². The third-order valence-corrected chi connectivity index (χ3v) is 2.62. The van der Waals surface area contributed by atoms with Crippen LogP contribution in [0.5, 0.6) is 0 Å². The van der Waals surface area contributed by atoms with Gasteiger partial charge in [0.25, 0.3) is 11.8 Å². The second-order valence-electron chi connectivity index (χ2n) is 3.12. The number of hydrogen-bond acceptors (Lipinski definition) is 6. The van der Waals surface area contributed by atoms with Crippen molar-refractivity contribution in [1.29, 1.82) is 0 Å². The number of thioether (sulfide) groups is 1. The average molecular weight is 245 g/mol. The SMILES string of the molecule is CSC(=O)CCC(=O)ON1C(=O)CCC1=O. The van der Waals surface area contributed by atoms with Gasteiger partial charge in [-0.3, -0.25) is 14.4 Å². The maximum absolute atomic E-state index is 11.2. The molecule has 0 bridgehead atoms. The highest BCUT2D eigenvalue weighted by Gasteiger charge is 2.32. The quantitative estimate of drug-likeness (QED) is 0.661. The molecule has 1 heterocycles. The lowest BCUT2D eigenvalue weighted by Gasteiger charge is -2.11. The normalized spacial score (nSPS) is 15.4. The molecule has 1 aliphatic rings. The first-order chi connectivity index (χ1) is 7.54. The van der Waals surface area contributed by atoms with Crippen molar-refractivity contribution in [2.24, 2.45) is 0 Å². The molecule has 1 saturated heterocycles. The van der Waals surface area contributed by atoms with Gasteiger partial charge >= 0.3 is 5.97 Å². The summed E-state index contributed by atoms with van der Waals surface area (Å²) in [4.78, 5) is 48.8. The molecule has 0 saturated carbocycles. The van der Waals surface area contributed by atoms with Crippen molar-refractivity contribution in [2.45, 2.75) is 25.7 Å². The van der Waals surface area contributed by atoms with E-state index in [2.05, 4.69) is 4.84 Å². The summed E-state index contributed by atoms with van der Waals surface area (Å²) in [5, 5.41) is 0.336. The maximum Gasteiger partial charge on any atom is 0.333 e. The van der Waals surface area contributed by atoms with Gasteiger partial charge in [0.2, 0.25) is 0 Å². The Balaban J connectivity index is 2.36. The van der Waals surface area contributed by atoms with Crippen LogP contribution in [0.1, 0.15) is 25.7 Å². The van der Waals surface area contributed by atoms with Crippen LogP contribution in [0.4, 0.5) is 0 Å². The molecule has 2 amide bonds. The first-order valence-electron chi connectivity index (χ1n) is 4.68. The van der Waals surface area contributed by atoms with E-state index in [1.807, 2.05) is 0 Å². The minimum absolute atomic E-state index is 0.0379. The van der Waals surface area contributed by atoms with Gasteiger partial charge in [0, 0.05) is 19.3 Å². The zero-order valence-corrected chi connectivity index (χ0v) is 9.54. The van der Waals surface area contributed by atoms with Gasteiger partial charge in [-0.15, -0.1) is 5.06 Å². The predicted molar refractivity (Wildman–Crippen MR) is 54.9 cm³/mol. The highest BCUT2D eigenvalue weighted by Crippen LogP contribution is 2.13. The third-order valence-electron chi connectivity index (χ3n) is 1.96. The highest BCUT2D eigenvalue weighted by atomic mass is 32.2. The number of hydrogen-bond donors (Lipinski definition) is 0. The molecule has 0 aromatic rings. The second-order valence-corrected chi connectivity index (χ2v) is 3.98. The topological polar surface area (TPSA) is 80.8 Å². The Morgan fingerprint density at radius 1 is 1.25 bits per heavy atom. The maximum atomic E-state index is 11.2. The van der Waals surface area contributed by atoms with E-state index in [0.717, 1.165) is 11.8 Å². The second kappa shape index (κ2) is 5.64. The van der Waals surface area contributed by atoms with Crippen molar-refractivity contribution in [1.82, 2.24) is 5.06 Å². The number of hydroxylamine groups is 2. The molecule has 0 atom stereocenters. The Bertz CT molecular complexity index is 325. The molecular formula is C9H11NO5S. The van der Waals surface area contributed by atoms with E-state index in [0.29, 0.717) is 5.06 Å². The molecule has 1 fully saturated rings. The lowest BCUT2D eigenvalue weighted by molar-refractivity contribution is -0.197. The zero-order chi connectivity index (χ0) is 12.1. The molecule has 0 aliphatic carbocycles. The Hall–Kier alpha value is -1.37. The van der Waals surface area contributed by atoms with Gasteiger partial charge in [0.15, 0.2) is 5.12 Å². The zero-order valence-electron chi connectivity index (χ0n) is 8.73. The van der Waals surface area contributed by atoms with E-state index in [4.69, 9.17) is 0 Å². The van der Waals surface area contributed by atoms with Crippen LogP contribution in [-0.4, -0.2) is 34.2 Å². The summed E-state index contributed by atoms with van der Waals surface area (Å²) in [6.45, 7) is 0. The molecule has 0 unspecified atom stereocenters. The van der Waals surface area contributed by atoms with Crippen molar-refractivity contribution in [3.05, 3.63) is 0 Å². The van der Waals surface area contributed by atoms with Gasteiger partial charge in [-0.1, -0.05) is 11.8 Å². The fourth-order valence-electron chi connectivity index (χ4n) is 1.11. The summed E-state index contributed by atoms with van der Waals surface area (Å²) in [5.41, 5.74) is 0. The summed E-state index contributed by atoms with van der Waals surface area (Å²) in [6, 6.07) is 0. The lowest BCUT2D eigenvalue weighted by atomic mass is 10.3. The van der Waals surface area contributed by atoms with Gasteiger partial charge in [-0.05, 0) is 6.26 Å². The molecule has 1 aliphatic heterocycles.